The van der Waals surface area contributed by atoms with Gasteiger partial charge >= 0.3 is 0 Å². The Morgan fingerprint density at radius 3 is 2.69 bits per heavy atom. The molecule has 1 aliphatic rings. The fourth-order valence-corrected chi connectivity index (χ4v) is 2.66. The lowest BCUT2D eigenvalue weighted by Crippen LogP contribution is -2.50. The largest absolute Gasteiger partial charge is 0.485 e. The molecular weight excluding hydrogens is 341 g/mol. The highest BCUT2D eigenvalue weighted by molar-refractivity contribution is 5.99. The summed E-state index contributed by atoms with van der Waals surface area (Å²) in [6.07, 6.45) is -0.898. The van der Waals surface area contributed by atoms with E-state index in [2.05, 4.69) is 15.8 Å². The van der Waals surface area contributed by atoms with E-state index in [1.807, 2.05) is 0 Å². The van der Waals surface area contributed by atoms with E-state index < -0.39 is 23.7 Å². The van der Waals surface area contributed by atoms with E-state index in [-0.39, 0.29) is 12.3 Å². The molecule has 0 fully saturated rings. The van der Waals surface area contributed by atoms with Gasteiger partial charge in [-0.2, -0.15) is 0 Å². The third-order valence-corrected chi connectivity index (χ3v) is 3.96. The van der Waals surface area contributed by atoms with Crippen molar-refractivity contribution in [1.82, 2.24) is 15.8 Å². The van der Waals surface area contributed by atoms with Crippen LogP contribution in [0.2, 0.25) is 0 Å². The van der Waals surface area contributed by atoms with Crippen LogP contribution in [-0.4, -0.2) is 29.5 Å². The molecule has 0 aliphatic carbocycles. The molecule has 7 nitrogen and oxygen atoms in total. The van der Waals surface area contributed by atoms with Gasteiger partial charge in [-0.05, 0) is 30.3 Å². The highest BCUT2D eigenvalue weighted by atomic mass is 19.1. The van der Waals surface area contributed by atoms with Crippen molar-refractivity contribution in [2.45, 2.75) is 6.10 Å². The number of hydrogen-bond acceptors (Lipinski definition) is 4. The molecular formula is C18H14FN3O4. The Morgan fingerprint density at radius 1 is 1.08 bits per heavy atom. The van der Waals surface area contributed by atoms with Gasteiger partial charge < -0.3 is 14.5 Å². The maximum atomic E-state index is 13.7. The van der Waals surface area contributed by atoms with Crippen molar-refractivity contribution in [3.05, 3.63) is 60.0 Å². The highest BCUT2D eigenvalue weighted by Crippen LogP contribution is 2.30. The molecule has 0 bridgehead atoms. The first-order valence-corrected chi connectivity index (χ1v) is 7.88. The molecule has 3 N–H and O–H groups in total. The number of hydrazine groups is 1. The van der Waals surface area contributed by atoms with Crippen molar-refractivity contribution in [1.29, 1.82) is 0 Å². The van der Waals surface area contributed by atoms with Crippen molar-refractivity contribution in [2.75, 3.05) is 6.61 Å². The first kappa shape index (κ1) is 15.9. The van der Waals surface area contributed by atoms with E-state index in [1.54, 1.807) is 30.3 Å². The van der Waals surface area contributed by atoms with Crippen molar-refractivity contribution in [2.24, 2.45) is 0 Å². The summed E-state index contributed by atoms with van der Waals surface area (Å²) in [5, 5.41) is 0.296. The Labute approximate surface area is 147 Å². The number of benzene rings is 2. The van der Waals surface area contributed by atoms with Gasteiger partial charge in [-0.25, -0.2) is 4.39 Å². The number of hydrogen-bond donors (Lipinski definition) is 3. The zero-order valence-corrected chi connectivity index (χ0v) is 13.4. The smallest absolute Gasteiger partial charge is 0.286 e. The Bertz CT molecular complexity index is 1000. The maximum Gasteiger partial charge on any atom is 0.286 e. The zero-order valence-electron chi connectivity index (χ0n) is 13.4. The maximum absolute atomic E-state index is 13.7. The number of aromatic amines is 1. The quantitative estimate of drug-likeness (QED) is 0.612. The number of rotatable bonds is 2. The van der Waals surface area contributed by atoms with Gasteiger partial charge in [0.25, 0.3) is 11.8 Å². The summed E-state index contributed by atoms with van der Waals surface area (Å²) in [6, 6.07) is 12.9. The number of para-hydroxylation sites is 2. The average Bonchev–Trinajstić information content (AvgIpc) is 3.11. The molecule has 1 unspecified atom stereocenters. The molecule has 0 spiro atoms. The second-order valence-electron chi connectivity index (χ2n) is 5.69. The summed E-state index contributed by atoms with van der Waals surface area (Å²) in [4.78, 5) is 27.1. The Kier molecular flexibility index (Phi) is 3.92. The van der Waals surface area contributed by atoms with Crippen molar-refractivity contribution >= 4 is 22.7 Å². The molecule has 0 radical (unpaired) electrons. The SMILES string of the molecule is O=C(NNC(=O)C1COc2ccccc2O1)c1cc2c(F)cccc2[nH]1. The number of nitrogens with one attached hydrogen (secondary N) is 3. The second kappa shape index (κ2) is 6.40. The molecule has 0 saturated heterocycles. The molecule has 8 heteroatoms. The van der Waals surface area contributed by atoms with Crippen molar-refractivity contribution in [3.63, 3.8) is 0 Å². The Balaban J connectivity index is 1.39. The van der Waals surface area contributed by atoms with E-state index in [0.29, 0.717) is 22.4 Å². The number of H-pyrrole nitrogens is 1. The van der Waals surface area contributed by atoms with Gasteiger partial charge in [0.15, 0.2) is 11.5 Å². The Morgan fingerprint density at radius 2 is 1.88 bits per heavy atom. The first-order chi connectivity index (χ1) is 12.6. The minimum Gasteiger partial charge on any atom is -0.485 e. The average molecular weight is 355 g/mol. The first-order valence-electron chi connectivity index (χ1n) is 7.88. The summed E-state index contributed by atoms with van der Waals surface area (Å²) in [7, 11) is 0. The van der Waals surface area contributed by atoms with Gasteiger partial charge in [0.2, 0.25) is 6.10 Å². The van der Waals surface area contributed by atoms with Crippen LogP contribution in [-0.2, 0) is 4.79 Å². The predicted molar refractivity (Wildman–Crippen MR) is 90.2 cm³/mol. The van der Waals surface area contributed by atoms with Gasteiger partial charge in [0.1, 0.15) is 18.1 Å². The van der Waals surface area contributed by atoms with E-state index in [4.69, 9.17) is 9.47 Å². The summed E-state index contributed by atoms with van der Waals surface area (Å²) in [6.45, 7) is 0.0241. The third-order valence-electron chi connectivity index (χ3n) is 3.96. The van der Waals surface area contributed by atoms with Crippen LogP contribution in [0.4, 0.5) is 4.39 Å². The molecule has 1 aliphatic heterocycles. The van der Waals surface area contributed by atoms with Crippen LogP contribution in [0, 0.1) is 5.82 Å². The van der Waals surface area contributed by atoms with Gasteiger partial charge in [-0.15, -0.1) is 0 Å². The van der Waals surface area contributed by atoms with Crippen LogP contribution in [0.3, 0.4) is 0 Å². The standard InChI is InChI=1S/C18H14FN3O4/c19-11-4-3-5-12-10(11)8-13(20-12)17(23)21-22-18(24)16-9-25-14-6-1-2-7-15(14)26-16/h1-8,16,20H,9H2,(H,21,23)(H,22,24). The molecule has 0 saturated carbocycles. The van der Waals surface area contributed by atoms with Crippen LogP contribution < -0.4 is 20.3 Å². The number of ether oxygens (including phenoxy) is 2. The number of carbonyl (C=O) groups is 2. The lowest BCUT2D eigenvalue weighted by atomic mass is 10.2. The number of halogens is 1. The Hall–Kier alpha value is -3.55. The van der Waals surface area contributed by atoms with Crippen molar-refractivity contribution in [3.8, 4) is 11.5 Å². The lowest BCUT2D eigenvalue weighted by molar-refractivity contribution is -0.131. The van der Waals surface area contributed by atoms with Crippen LogP contribution in [0.15, 0.2) is 48.5 Å². The van der Waals surface area contributed by atoms with Crippen LogP contribution in [0.1, 0.15) is 10.5 Å². The second-order valence-corrected chi connectivity index (χ2v) is 5.69. The number of aromatic nitrogens is 1. The van der Waals surface area contributed by atoms with E-state index in [9.17, 15) is 14.0 Å². The normalized spacial score (nSPS) is 15.5. The zero-order chi connectivity index (χ0) is 18.1. The molecule has 4 rings (SSSR count). The molecule has 1 atom stereocenters. The van der Waals surface area contributed by atoms with E-state index in [1.165, 1.54) is 18.2 Å². The minimum absolute atomic E-state index is 0.0241. The van der Waals surface area contributed by atoms with E-state index >= 15 is 0 Å². The number of fused-ring (bicyclic) bond motifs is 2. The monoisotopic (exact) mass is 355 g/mol. The molecule has 1 aromatic heterocycles. The molecule has 2 amide bonds. The van der Waals surface area contributed by atoms with Gasteiger partial charge in [0, 0.05) is 10.9 Å². The summed E-state index contributed by atoms with van der Waals surface area (Å²) in [5.74, 6) is -0.591. The molecule has 26 heavy (non-hydrogen) atoms. The number of carbonyl (C=O) groups excluding carboxylic acids is 2. The highest BCUT2D eigenvalue weighted by Gasteiger charge is 2.27. The van der Waals surface area contributed by atoms with Gasteiger partial charge in [0.05, 0.1) is 0 Å². The van der Waals surface area contributed by atoms with Crippen LogP contribution in [0.25, 0.3) is 10.9 Å². The number of amides is 2. The summed E-state index contributed by atoms with van der Waals surface area (Å²) in [5.41, 5.74) is 5.17. The van der Waals surface area contributed by atoms with Crippen LogP contribution in [0.5, 0.6) is 11.5 Å². The minimum atomic E-state index is -0.898. The van der Waals surface area contributed by atoms with Crippen molar-refractivity contribution < 1.29 is 23.5 Å². The lowest BCUT2D eigenvalue weighted by Gasteiger charge is -2.25. The molecule has 2 aromatic carbocycles. The van der Waals surface area contributed by atoms with E-state index in [0.717, 1.165) is 0 Å². The topological polar surface area (TPSA) is 92.5 Å². The third kappa shape index (κ3) is 2.92. The van der Waals surface area contributed by atoms with Crippen LogP contribution >= 0.6 is 0 Å². The predicted octanol–water partition coefficient (Wildman–Crippen LogP) is 1.91. The molecule has 2 heterocycles. The van der Waals surface area contributed by atoms with Gasteiger partial charge in [-0.1, -0.05) is 18.2 Å². The molecule has 132 valence electrons. The molecule has 3 aromatic rings. The summed E-state index contributed by atoms with van der Waals surface area (Å²) >= 11 is 0. The fourth-order valence-electron chi connectivity index (χ4n) is 2.66. The fraction of sp³-hybridized carbons (Fsp3) is 0.111. The summed E-state index contributed by atoms with van der Waals surface area (Å²) < 4.78 is 24.7. The van der Waals surface area contributed by atoms with Gasteiger partial charge in [-0.3, -0.25) is 20.4 Å².